The van der Waals surface area contributed by atoms with Crippen LogP contribution in [0.5, 0.6) is 5.75 Å². The van der Waals surface area contributed by atoms with Gasteiger partial charge in [0.2, 0.25) is 0 Å². The molecule has 0 atom stereocenters. The fraction of sp³-hybridized carbons (Fsp3) is 0.158. The van der Waals surface area contributed by atoms with Crippen molar-refractivity contribution in [2.24, 2.45) is 0 Å². The lowest BCUT2D eigenvalue weighted by Crippen LogP contribution is -2.17. The summed E-state index contributed by atoms with van der Waals surface area (Å²) in [5, 5.41) is 14.3. The normalized spacial score (nSPS) is 11.4. The Balaban J connectivity index is 1.59. The number of aromatic hydroxyl groups is 1. The van der Waals surface area contributed by atoms with E-state index in [1.165, 1.54) is 4.70 Å². The number of fused-ring (bicyclic) bond motifs is 1. The first-order valence-corrected chi connectivity index (χ1v) is 9.63. The molecule has 0 saturated heterocycles. The molecule has 4 rings (SSSR count). The number of thiazole rings is 2. The molecule has 25 heavy (non-hydrogen) atoms. The van der Waals surface area contributed by atoms with Crippen LogP contribution in [-0.4, -0.2) is 27.0 Å². The highest BCUT2D eigenvalue weighted by Gasteiger charge is 2.11. The van der Waals surface area contributed by atoms with E-state index in [0.29, 0.717) is 12.3 Å². The maximum atomic E-state index is 10.2. The third kappa shape index (κ3) is 3.56. The van der Waals surface area contributed by atoms with Gasteiger partial charge in [-0.2, -0.15) is 0 Å². The van der Waals surface area contributed by atoms with Crippen molar-refractivity contribution in [2.45, 2.75) is 13.1 Å². The van der Waals surface area contributed by atoms with Crippen molar-refractivity contribution in [2.75, 3.05) is 7.05 Å². The molecular formula is C19H17N3OS2. The van der Waals surface area contributed by atoms with Gasteiger partial charge in [-0.05, 0) is 37.4 Å². The van der Waals surface area contributed by atoms with Gasteiger partial charge in [-0.15, -0.1) is 22.7 Å². The van der Waals surface area contributed by atoms with Gasteiger partial charge in [-0.25, -0.2) is 9.97 Å². The minimum atomic E-state index is 0.316. The molecule has 0 fully saturated rings. The number of para-hydroxylation sites is 1. The Kier molecular flexibility index (Phi) is 4.48. The van der Waals surface area contributed by atoms with Gasteiger partial charge < -0.3 is 5.11 Å². The van der Waals surface area contributed by atoms with Gasteiger partial charge in [-0.1, -0.05) is 12.1 Å². The molecule has 2 aromatic heterocycles. The summed E-state index contributed by atoms with van der Waals surface area (Å²) in [6.07, 6.45) is 1.82. The van der Waals surface area contributed by atoms with Crippen LogP contribution < -0.4 is 0 Å². The predicted octanol–water partition coefficient (Wildman–Crippen LogP) is 4.76. The molecule has 4 aromatic rings. The molecule has 0 aliphatic carbocycles. The summed E-state index contributed by atoms with van der Waals surface area (Å²) in [7, 11) is 2.03. The molecule has 0 saturated carbocycles. The summed E-state index contributed by atoms with van der Waals surface area (Å²) in [5.74, 6) is 0.316. The molecule has 0 amide bonds. The van der Waals surface area contributed by atoms with E-state index in [1.807, 2.05) is 49.0 Å². The van der Waals surface area contributed by atoms with Crippen molar-refractivity contribution >= 4 is 32.9 Å². The van der Waals surface area contributed by atoms with Crippen LogP contribution in [0.4, 0.5) is 0 Å². The van der Waals surface area contributed by atoms with E-state index in [9.17, 15) is 5.11 Å². The minimum Gasteiger partial charge on any atom is -0.508 e. The Labute approximate surface area is 154 Å². The molecule has 0 radical (unpaired) electrons. The third-order valence-electron chi connectivity index (χ3n) is 3.95. The first-order valence-electron chi connectivity index (χ1n) is 7.94. The van der Waals surface area contributed by atoms with Gasteiger partial charge in [0.1, 0.15) is 15.8 Å². The highest BCUT2D eigenvalue weighted by atomic mass is 32.1. The van der Waals surface area contributed by atoms with Gasteiger partial charge in [0.05, 0.1) is 16.8 Å². The quantitative estimate of drug-likeness (QED) is 0.553. The average Bonchev–Trinajstić information content (AvgIpc) is 3.25. The Hall–Kier alpha value is -2.28. The monoisotopic (exact) mass is 367 g/mol. The van der Waals surface area contributed by atoms with Crippen LogP contribution in [0.2, 0.25) is 0 Å². The molecule has 0 spiro atoms. The highest BCUT2D eigenvalue weighted by molar-refractivity contribution is 7.21. The van der Waals surface area contributed by atoms with E-state index in [-0.39, 0.29) is 0 Å². The molecule has 0 unspecified atom stereocenters. The molecule has 6 heteroatoms. The van der Waals surface area contributed by atoms with E-state index in [2.05, 4.69) is 16.0 Å². The summed E-state index contributed by atoms with van der Waals surface area (Å²) in [6, 6.07) is 13.9. The zero-order valence-electron chi connectivity index (χ0n) is 13.7. The lowest BCUT2D eigenvalue weighted by atomic mass is 10.1. The molecule has 0 aliphatic rings. The highest BCUT2D eigenvalue weighted by Crippen LogP contribution is 2.32. The van der Waals surface area contributed by atoms with E-state index in [4.69, 9.17) is 4.98 Å². The van der Waals surface area contributed by atoms with Crippen molar-refractivity contribution in [1.29, 1.82) is 0 Å². The number of phenolic OH excluding ortho intramolecular Hbond substituents is 1. The second-order valence-corrected chi connectivity index (χ2v) is 7.94. The maximum Gasteiger partial charge on any atom is 0.124 e. The molecule has 1 N–H and O–H groups in total. The number of nitrogens with zero attached hydrogens (tertiary/aromatic N) is 3. The molecular weight excluding hydrogens is 350 g/mol. The van der Waals surface area contributed by atoms with Gasteiger partial charge in [0.25, 0.3) is 0 Å². The predicted molar refractivity (Wildman–Crippen MR) is 104 cm³/mol. The molecule has 0 aliphatic heterocycles. The zero-order valence-corrected chi connectivity index (χ0v) is 15.3. The number of phenols is 1. The molecule has 0 bridgehead atoms. The molecule has 4 nitrogen and oxygen atoms in total. The number of aromatic nitrogens is 2. The molecule has 2 aromatic carbocycles. The summed E-state index contributed by atoms with van der Waals surface area (Å²) in [6.45, 7) is 1.42. The second-order valence-electron chi connectivity index (χ2n) is 5.93. The van der Waals surface area contributed by atoms with Crippen LogP contribution in [-0.2, 0) is 13.1 Å². The largest absolute Gasteiger partial charge is 0.508 e. The van der Waals surface area contributed by atoms with Crippen LogP contribution in [0, 0.1) is 0 Å². The van der Waals surface area contributed by atoms with E-state index >= 15 is 0 Å². The topological polar surface area (TPSA) is 49.2 Å². The van der Waals surface area contributed by atoms with E-state index < -0.39 is 0 Å². The average molecular weight is 367 g/mol. The van der Waals surface area contributed by atoms with Crippen molar-refractivity contribution in [1.82, 2.24) is 14.9 Å². The first kappa shape index (κ1) is 16.2. The van der Waals surface area contributed by atoms with Crippen LogP contribution in [0.1, 0.15) is 10.6 Å². The Morgan fingerprint density at radius 3 is 2.80 bits per heavy atom. The van der Waals surface area contributed by atoms with Gasteiger partial charge in [-0.3, -0.25) is 4.90 Å². The minimum absolute atomic E-state index is 0.316. The third-order valence-corrected chi connectivity index (χ3v) is 5.80. The first-order chi connectivity index (χ1) is 12.2. The Morgan fingerprint density at radius 1 is 1.12 bits per heavy atom. The van der Waals surface area contributed by atoms with Crippen LogP contribution in [0.3, 0.4) is 0 Å². The SMILES string of the molecule is CN(Cc1nccs1)Cc1cc(-c2nc3ccccc3s2)ccc1O. The zero-order chi connectivity index (χ0) is 17.2. The second kappa shape index (κ2) is 6.92. The lowest BCUT2D eigenvalue weighted by Gasteiger charge is -2.16. The number of hydrogen-bond donors (Lipinski definition) is 1. The fourth-order valence-electron chi connectivity index (χ4n) is 2.75. The van der Waals surface area contributed by atoms with Crippen molar-refractivity contribution < 1.29 is 5.11 Å². The van der Waals surface area contributed by atoms with Crippen molar-refractivity contribution in [3.8, 4) is 16.3 Å². The summed E-state index contributed by atoms with van der Waals surface area (Å²) in [5.41, 5.74) is 2.95. The van der Waals surface area contributed by atoms with Crippen molar-refractivity contribution in [3.05, 3.63) is 64.6 Å². The van der Waals surface area contributed by atoms with Gasteiger partial charge in [0, 0.05) is 29.2 Å². The maximum absolute atomic E-state index is 10.2. The van der Waals surface area contributed by atoms with Crippen LogP contribution in [0.15, 0.2) is 54.0 Å². The van der Waals surface area contributed by atoms with E-state index in [1.54, 1.807) is 28.7 Å². The molecule has 2 heterocycles. The fourth-order valence-corrected chi connectivity index (χ4v) is 4.41. The Morgan fingerprint density at radius 2 is 2.00 bits per heavy atom. The van der Waals surface area contributed by atoms with Crippen LogP contribution >= 0.6 is 22.7 Å². The molecule has 126 valence electrons. The Bertz CT molecular complexity index is 962. The summed E-state index contributed by atoms with van der Waals surface area (Å²) >= 11 is 3.32. The van der Waals surface area contributed by atoms with E-state index in [0.717, 1.165) is 33.2 Å². The standard InChI is InChI=1S/C19H17N3OS2/c1-22(12-18-20-8-9-24-18)11-14-10-13(6-7-16(14)23)19-21-15-4-2-3-5-17(15)25-19/h2-10,23H,11-12H2,1H3. The van der Waals surface area contributed by atoms with Crippen LogP contribution in [0.25, 0.3) is 20.8 Å². The summed E-state index contributed by atoms with van der Waals surface area (Å²) in [4.78, 5) is 11.2. The van der Waals surface area contributed by atoms with Gasteiger partial charge in [0.15, 0.2) is 0 Å². The number of benzene rings is 2. The van der Waals surface area contributed by atoms with Crippen molar-refractivity contribution in [3.63, 3.8) is 0 Å². The smallest absolute Gasteiger partial charge is 0.124 e. The number of rotatable bonds is 5. The van der Waals surface area contributed by atoms with Gasteiger partial charge >= 0.3 is 0 Å². The number of hydrogen-bond acceptors (Lipinski definition) is 6. The summed E-state index contributed by atoms with van der Waals surface area (Å²) < 4.78 is 1.17. The lowest BCUT2D eigenvalue weighted by molar-refractivity contribution is 0.312.